The monoisotopic (exact) mass is 342 g/mol. The number of ether oxygens (including phenoxy) is 2. The molecule has 0 aliphatic heterocycles. The molecule has 5 nitrogen and oxygen atoms in total. The second-order valence-electron chi connectivity index (χ2n) is 4.79. The summed E-state index contributed by atoms with van der Waals surface area (Å²) in [6, 6.07) is 11.9. The van der Waals surface area contributed by atoms with Gasteiger partial charge in [-0.2, -0.15) is 8.42 Å². The van der Waals surface area contributed by atoms with E-state index in [1.54, 1.807) is 13.2 Å². The van der Waals surface area contributed by atoms with E-state index < -0.39 is 10.1 Å². The zero-order valence-corrected chi connectivity index (χ0v) is 15.8. The van der Waals surface area contributed by atoms with Crippen LogP contribution in [0.2, 0.25) is 0 Å². The van der Waals surface area contributed by atoms with Gasteiger partial charge in [0.15, 0.2) is 0 Å². The molecule has 0 aliphatic rings. The zero-order chi connectivity index (χ0) is 15.9. The van der Waals surface area contributed by atoms with Crippen LogP contribution >= 0.6 is 0 Å². The van der Waals surface area contributed by atoms with Crippen LogP contribution in [-0.4, -0.2) is 27.2 Å². The fourth-order valence-corrected chi connectivity index (χ4v) is 3.19. The quantitative estimate of drug-likeness (QED) is 0.423. The molecule has 3 rings (SSSR count). The molecule has 0 amide bonds. The molecule has 116 valence electrons. The van der Waals surface area contributed by atoms with Crippen LogP contribution in [0.25, 0.3) is 21.5 Å². The predicted octanol–water partition coefficient (Wildman–Crippen LogP) is 0.373. The Balaban J connectivity index is 0.00000144. The standard InChI is InChI=1S/C16H14O5S.Na.H/c1-20-15-11-5-3-4-6-12(11)16(21-2)14-9-10(22(17,18)19)7-8-13(14)15;;/h3-9H,1-2H3,(H,17,18,19);;/q;+1;-1. The maximum atomic E-state index is 11.4. The third-order valence-electron chi connectivity index (χ3n) is 3.60. The Morgan fingerprint density at radius 1 is 0.870 bits per heavy atom. The van der Waals surface area contributed by atoms with Crippen molar-refractivity contribution in [3.05, 3.63) is 42.5 Å². The van der Waals surface area contributed by atoms with Crippen molar-refractivity contribution in [3.8, 4) is 11.5 Å². The Morgan fingerprint density at radius 3 is 1.83 bits per heavy atom. The van der Waals surface area contributed by atoms with Crippen molar-refractivity contribution in [2.45, 2.75) is 4.90 Å². The van der Waals surface area contributed by atoms with Gasteiger partial charge in [-0.3, -0.25) is 4.55 Å². The van der Waals surface area contributed by atoms with Crippen LogP contribution in [0.5, 0.6) is 11.5 Å². The van der Waals surface area contributed by atoms with Crippen molar-refractivity contribution < 1.29 is 53.4 Å². The molecule has 0 radical (unpaired) electrons. The molecule has 0 unspecified atom stereocenters. The van der Waals surface area contributed by atoms with Crippen LogP contribution in [0.4, 0.5) is 0 Å². The minimum atomic E-state index is -4.29. The molecule has 1 N–H and O–H groups in total. The Morgan fingerprint density at radius 2 is 1.35 bits per heavy atom. The van der Waals surface area contributed by atoms with Crippen LogP contribution in [0, 0.1) is 0 Å². The molecule has 0 spiro atoms. The van der Waals surface area contributed by atoms with E-state index in [9.17, 15) is 13.0 Å². The van der Waals surface area contributed by atoms with Gasteiger partial charge in [-0.05, 0) is 18.2 Å². The summed E-state index contributed by atoms with van der Waals surface area (Å²) in [6.45, 7) is 0. The molecule has 23 heavy (non-hydrogen) atoms. The summed E-state index contributed by atoms with van der Waals surface area (Å²) in [5, 5.41) is 2.95. The predicted molar refractivity (Wildman–Crippen MR) is 85.5 cm³/mol. The number of methoxy groups -OCH3 is 2. The average Bonchev–Trinajstić information content (AvgIpc) is 2.51. The fourth-order valence-electron chi connectivity index (χ4n) is 2.68. The molecule has 0 aliphatic carbocycles. The second-order valence-corrected chi connectivity index (χ2v) is 6.22. The third kappa shape index (κ3) is 3.05. The first-order valence-electron chi connectivity index (χ1n) is 6.51. The van der Waals surface area contributed by atoms with Gasteiger partial charge in [0.05, 0.1) is 19.1 Å². The normalized spacial score (nSPS) is 11.3. The number of hydrogen-bond donors (Lipinski definition) is 1. The van der Waals surface area contributed by atoms with E-state index >= 15 is 0 Å². The maximum absolute atomic E-state index is 11.4. The topological polar surface area (TPSA) is 72.8 Å². The van der Waals surface area contributed by atoms with Gasteiger partial charge >= 0.3 is 29.6 Å². The van der Waals surface area contributed by atoms with Gasteiger partial charge in [-0.15, -0.1) is 0 Å². The van der Waals surface area contributed by atoms with Gasteiger partial charge in [0, 0.05) is 21.5 Å². The van der Waals surface area contributed by atoms with E-state index in [4.69, 9.17) is 9.47 Å². The van der Waals surface area contributed by atoms with Crippen molar-refractivity contribution in [2.75, 3.05) is 14.2 Å². The van der Waals surface area contributed by atoms with E-state index in [0.29, 0.717) is 22.3 Å². The Bertz CT molecular complexity index is 989. The van der Waals surface area contributed by atoms with Crippen molar-refractivity contribution >= 4 is 31.7 Å². The first-order valence-corrected chi connectivity index (χ1v) is 7.95. The Kier molecular flexibility index (Phi) is 5.23. The molecule has 0 saturated carbocycles. The Hall–Kier alpha value is -1.31. The van der Waals surface area contributed by atoms with Gasteiger partial charge in [0.25, 0.3) is 10.1 Å². The zero-order valence-electron chi connectivity index (χ0n) is 14.0. The number of benzene rings is 3. The van der Waals surface area contributed by atoms with E-state index in [2.05, 4.69) is 0 Å². The van der Waals surface area contributed by atoms with Crippen LogP contribution < -0.4 is 39.0 Å². The first kappa shape index (κ1) is 18.0. The largest absolute Gasteiger partial charge is 1.00 e. The molecular formula is C16H15NaO5S. The van der Waals surface area contributed by atoms with Gasteiger partial charge in [-0.1, -0.05) is 24.3 Å². The molecule has 0 atom stereocenters. The SMILES string of the molecule is COc1c2ccccc2c(OC)c2cc(S(=O)(=O)O)ccc12.[H-].[Na+]. The smallest absolute Gasteiger partial charge is 1.00 e. The van der Waals surface area contributed by atoms with Gasteiger partial charge in [-0.25, -0.2) is 0 Å². The summed E-state index contributed by atoms with van der Waals surface area (Å²) in [5.41, 5.74) is 0. The molecule has 0 aromatic heterocycles. The van der Waals surface area contributed by atoms with Crippen LogP contribution in [0.3, 0.4) is 0 Å². The molecule has 3 aromatic rings. The molecular weight excluding hydrogens is 327 g/mol. The first-order chi connectivity index (χ1) is 10.5. The maximum Gasteiger partial charge on any atom is 1.00 e. The summed E-state index contributed by atoms with van der Waals surface area (Å²) < 4.78 is 43.0. The van der Waals surface area contributed by atoms with Gasteiger partial charge in [0.2, 0.25) is 0 Å². The van der Waals surface area contributed by atoms with Crippen molar-refractivity contribution in [2.24, 2.45) is 0 Å². The summed E-state index contributed by atoms with van der Waals surface area (Å²) in [7, 11) is -1.21. The minimum Gasteiger partial charge on any atom is -1.00 e. The fraction of sp³-hybridized carbons (Fsp3) is 0.125. The summed E-state index contributed by atoms with van der Waals surface area (Å²) in [5.74, 6) is 1.17. The van der Waals surface area contributed by atoms with E-state index in [1.165, 1.54) is 19.2 Å². The summed E-state index contributed by atoms with van der Waals surface area (Å²) in [4.78, 5) is -0.185. The summed E-state index contributed by atoms with van der Waals surface area (Å²) in [6.07, 6.45) is 0. The molecule has 7 heteroatoms. The van der Waals surface area contributed by atoms with Crippen molar-refractivity contribution in [3.63, 3.8) is 0 Å². The van der Waals surface area contributed by atoms with Crippen molar-refractivity contribution in [1.82, 2.24) is 0 Å². The van der Waals surface area contributed by atoms with E-state index in [0.717, 1.165) is 10.8 Å². The second kappa shape index (κ2) is 6.67. The van der Waals surface area contributed by atoms with Gasteiger partial charge in [0.1, 0.15) is 11.5 Å². The molecule has 3 aromatic carbocycles. The third-order valence-corrected chi connectivity index (χ3v) is 4.45. The van der Waals surface area contributed by atoms with E-state index in [1.807, 2.05) is 24.3 Å². The summed E-state index contributed by atoms with van der Waals surface area (Å²) >= 11 is 0. The van der Waals surface area contributed by atoms with E-state index in [-0.39, 0.29) is 35.9 Å². The number of hydrogen-bond acceptors (Lipinski definition) is 4. The van der Waals surface area contributed by atoms with Crippen molar-refractivity contribution in [1.29, 1.82) is 0 Å². The van der Waals surface area contributed by atoms with Crippen LogP contribution in [-0.2, 0) is 10.1 Å². The molecule has 0 saturated heterocycles. The number of rotatable bonds is 3. The van der Waals surface area contributed by atoms with Crippen LogP contribution in [0.1, 0.15) is 1.43 Å². The average molecular weight is 342 g/mol. The molecule has 0 heterocycles. The Labute approximate surface area is 157 Å². The van der Waals surface area contributed by atoms with Gasteiger partial charge < -0.3 is 10.9 Å². The minimum absolute atomic E-state index is 0. The molecule has 0 bridgehead atoms. The molecule has 0 fully saturated rings. The van der Waals surface area contributed by atoms with Crippen LogP contribution in [0.15, 0.2) is 47.4 Å². The number of fused-ring (bicyclic) bond motifs is 2.